The molecule has 3 rings (SSSR count). The summed E-state index contributed by atoms with van der Waals surface area (Å²) < 4.78 is 25.2. The van der Waals surface area contributed by atoms with Gasteiger partial charge in [0, 0.05) is 12.1 Å². The predicted octanol–water partition coefficient (Wildman–Crippen LogP) is 2.24. The number of anilines is 1. The van der Waals surface area contributed by atoms with E-state index in [1.165, 1.54) is 12.1 Å². The second-order valence-corrected chi connectivity index (χ2v) is 8.37. The van der Waals surface area contributed by atoms with E-state index >= 15 is 0 Å². The minimum absolute atomic E-state index is 0.197. The van der Waals surface area contributed by atoms with Gasteiger partial charge < -0.3 is 5.32 Å². The number of aryl methyl sites for hydroxylation is 1. The van der Waals surface area contributed by atoms with Crippen LogP contribution in [-0.4, -0.2) is 26.0 Å². The van der Waals surface area contributed by atoms with E-state index in [1.807, 2.05) is 31.2 Å². The summed E-state index contributed by atoms with van der Waals surface area (Å²) >= 11 is 0. The van der Waals surface area contributed by atoms with Gasteiger partial charge in [-0.2, -0.15) is 0 Å². The average Bonchev–Trinajstić information content (AvgIpc) is 2.80. The van der Waals surface area contributed by atoms with Gasteiger partial charge >= 0.3 is 0 Å². The third kappa shape index (κ3) is 3.62. The molecule has 1 saturated heterocycles. The Bertz CT molecular complexity index is 969. The molecule has 1 heterocycles. The Morgan fingerprint density at radius 1 is 1.19 bits per heavy atom. The van der Waals surface area contributed by atoms with Crippen LogP contribution in [-0.2, 0) is 21.4 Å². The maximum atomic E-state index is 12.4. The lowest BCUT2D eigenvalue weighted by Crippen LogP contribution is -2.30. The molecule has 0 spiro atoms. The lowest BCUT2D eigenvalue weighted by atomic mass is 10.1. The maximum absolute atomic E-state index is 12.4. The first kappa shape index (κ1) is 18.1. The van der Waals surface area contributed by atoms with Crippen molar-refractivity contribution >= 4 is 27.5 Å². The Hall–Kier alpha value is -2.67. The zero-order valence-electron chi connectivity index (χ0n) is 14.6. The highest BCUT2D eigenvalue weighted by Crippen LogP contribution is 2.28. The number of nitrogens with zero attached hydrogens (tertiary/aromatic N) is 1. The molecule has 0 aliphatic carbocycles. The van der Waals surface area contributed by atoms with Crippen molar-refractivity contribution in [2.75, 3.05) is 10.1 Å². The minimum Gasteiger partial charge on any atom is -0.348 e. The van der Waals surface area contributed by atoms with Crippen LogP contribution in [0.25, 0.3) is 0 Å². The molecular formula is C19H20N2O4S. The number of benzene rings is 2. The van der Waals surface area contributed by atoms with Gasteiger partial charge in [0.25, 0.3) is 5.91 Å². The van der Waals surface area contributed by atoms with E-state index in [0.29, 0.717) is 12.1 Å². The molecule has 1 aliphatic rings. The topological polar surface area (TPSA) is 83.6 Å². The fourth-order valence-corrected chi connectivity index (χ4v) is 4.78. The van der Waals surface area contributed by atoms with E-state index in [9.17, 15) is 18.0 Å². The van der Waals surface area contributed by atoms with Gasteiger partial charge in [0.15, 0.2) is 0 Å². The smallest absolute Gasteiger partial charge is 0.251 e. The van der Waals surface area contributed by atoms with E-state index in [-0.39, 0.29) is 17.3 Å². The van der Waals surface area contributed by atoms with Crippen molar-refractivity contribution in [1.82, 2.24) is 5.32 Å². The molecule has 0 saturated carbocycles. The van der Waals surface area contributed by atoms with Crippen molar-refractivity contribution in [2.24, 2.45) is 5.92 Å². The molecule has 1 N–H and O–H groups in total. The van der Waals surface area contributed by atoms with Crippen LogP contribution in [0.4, 0.5) is 5.69 Å². The third-order valence-corrected chi connectivity index (χ3v) is 6.11. The summed E-state index contributed by atoms with van der Waals surface area (Å²) in [5.74, 6) is -1.60. The van der Waals surface area contributed by atoms with Crippen LogP contribution in [0, 0.1) is 12.8 Å². The second kappa shape index (κ2) is 6.92. The van der Waals surface area contributed by atoms with E-state index in [4.69, 9.17) is 0 Å². The van der Waals surface area contributed by atoms with E-state index in [2.05, 4.69) is 5.32 Å². The molecule has 2 aromatic carbocycles. The van der Waals surface area contributed by atoms with Crippen molar-refractivity contribution < 1.29 is 18.0 Å². The standard InChI is InChI=1S/C19H20N2O4S/c1-13-5-3-6-15(9-13)11-20-18(22)16-7-4-8-17(10-16)21-19(23)14(2)12-26(21,24)25/h3-10,14H,11-12H2,1-2H3,(H,20,22). The quantitative estimate of drug-likeness (QED) is 0.892. The van der Waals surface area contributed by atoms with Crippen molar-refractivity contribution in [1.29, 1.82) is 0 Å². The Labute approximate surface area is 152 Å². The molecule has 0 radical (unpaired) electrons. The van der Waals surface area contributed by atoms with Crippen molar-refractivity contribution in [2.45, 2.75) is 20.4 Å². The molecule has 6 nitrogen and oxygen atoms in total. The summed E-state index contributed by atoms with van der Waals surface area (Å²) in [5.41, 5.74) is 2.58. The Morgan fingerprint density at radius 3 is 2.58 bits per heavy atom. The summed E-state index contributed by atoms with van der Waals surface area (Å²) in [5, 5.41) is 2.81. The monoisotopic (exact) mass is 372 g/mol. The fraction of sp³-hybridized carbons (Fsp3) is 0.263. The number of carbonyl (C=O) groups excluding carboxylic acids is 2. The van der Waals surface area contributed by atoms with Gasteiger partial charge in [-0.25, -0.2) is 12.7 Å². The van der Waals surface area contributed by atoms with Crippen LogP contribution >= 0.6 is 0 Å². The molecule has 2 amide bonds. The van der Waals surface area contributed by atoms with Gasteiger partial charge in [-0.3, -0.25) is 9.59 Å². The Morgan fingerprint density at radius 2 is 1.92 bits per heavy atom. The second-order valence-electron chi connectivity index (χ2n) is 6.50. The Kier molecular flexibility index (Phi) is 4.82. The van der Waals surface area contributed by atoms with Crippen LogP contribution < -0.4 is 9.62 Å². The van der Waals surface area contributed by atoms with Gasteiger partial charge in [-0.05, 0) is 30.7 Å². The Balaban J connectivity index is 1.79. The van der Waals surface area contributed by atoms with Crippen molar-refractivity contribution in [3.8, 4) is 0 Å². The molecule has 26 heavy (non-hydrogen) atoms. The first-order valence-electron chi connectivity index (χ1n) is 8.28. The van der Waals surface area contributed by atoms with Crippen molar-refractivity contribution in [3.05, 3.63) is 65.2 Å². The van der Waals surface area contributed by atoms with E-state index in [0.717, 1.165) is 15.4 Å². The molecule has 2 aromatic rings. The molecule has 0 aromatic heterocycles. The largest absolute Gasteiger partial charge is 0.348 e. The van der Waals surface area contributed by atoms with Crippen LogP contribution in [0.1, 0.15) is 28.4 Å². The van der Waals surface area contributed by atoms with Gasteiger partial charge in [0.05, 0.1) is 17.4 Å². The summed E-state index contributed by atoms with van der Waals surface area (Å²) in [4.78, 5) is 24.6. The average molecular weight is 372 g/mol. The minimum atomic E-state index is -3.69. The molecule has 1 fully saturated rings. The van der Waals surface area contributed by atoms with Gasteiger partial charge in [-0.1, -0.05) is 42.8 Å². The lowest BCUT2D eigenvalue weighted by Gasteiger charge is -2.16. The number of carbonyl (C=O) groups is 2. The third-order valence-electron chi connectivity index (χ3n) is 4.24. The lowest BCUT2D eigenvalue weighted by molar-refractivity contribution is -0.119. The number of nitrogens with one attached hydrogen (secondary N) is 1. The molecule has 1 atom stereocenters. The number of hydrogen-bond acceptors (Lipinski definition) is 4. The highest BCUT2D eigenvalue weighted by atomic mass is 32.2. The molecular weight excluding hydrogens is 352 g/mol. The van der Waals surface area contributed by atoms with E-state index < -0.39 is 21.8 Å². The molecule has 0 bridgehead atoms. The highest BCUT2D eigenvalue weighted by Gasteiger charge is 2.42. The highest BCUT2D eigenvalue weighted by molar-refractivity contribution is 7.94. The zero-order valence-corrected chi connectivity index (χ0v) is 15.4. The van der Waals surface area contributed by atoms with Gasteiger partial charge in [-0.15, -0.1) is 0 Å². The summed E-state index contributed by atoms with van der Waals surface area (Å²) in [6.07, 6.45) is 0. The normalized spacial score (nSPS) is 18.8. The fourth-order valence-electron chi connectivity index (χ4n) is 2.97. The summed E-state index contributed by atoms with van der Waals surface area (Å²) in [6, 6.07) is 13.9. The van der Waals surface area contributed by atoms with Crippen LogP contribution in [0.2, 0.25) is 0 Å². The summed E-state index contributed by atoms with van der Waals surface area (Å²) in [6.45, 7) is 3.92. The predicted molar refractivity (Wildman–Crippen MR) is 99.2 cm³/mol. The number of sulfonamides is 1. The van der Waals surface area contributed by atoms with Crippen LogP contribution in [0.5, 0.6) is 0 Å². The molecule has 7 heteroatoms. The number of rotatable bonds is 4. The van der Waals surface area contributed by atoms with Crippen molar-refractivity contribution in [3.63, 3.8) is 0 Å². The summed E-state index contributed by atoms with van der Waals surface area (Å²) in [7, 11) is -3.69. The molecule has 1 unspecified atom stereocenters. The van der Waals surface area contributed by atoms with Gasteiger partial charge in [0.1, 0.15) is 0 Å². The number of hydrogen-bond donors (Lipinski definition) is 1. The molecule has 136 valence electrons. The van der Waals surface area contributed by atoms with Gasteiger partial charge in [0.2, 0.25) is 15.9 Å². The SMILES string of the molecule is Cc1cccc(CNC(=O)c2cccc(N3C(=O)C(C)CS3(=O)=O)c2)c1. The number of amides is 2. The zero-order chi connectivity index (χ0) is 18.9. The maximum Gasteiger partial charge on any atom is 0.251 e. The van der Waals surface area contributed by atoms with Crippen LogP contribution in [0.15, 0.2) is 48.5 Å². The first-order chi connectivity index (χ1) is 12.3. The first-order valence-corrected chi connectivity index (χ1v) is 9.89. The van der Waals surface area contributed by atoms with Crippen LogP contribution in [0.3, 0.4) is 0 Å². The molecule has 1 aliphatic heterocycles. The van der Waals surface area contributed by atoms with E-state index in [1.54, 1.807) is 19.1 Å².